The zero-order chi connectivity index (χ0) is 16.0. The Bertz CT molecular complexity index is 482. The summed E-state index contributed by atoms with van der Waals surface area (Å²) >= 11 is 0. The van der Waals surface area contributed by atoms with Crippen LogP contribution in [0.3, 0.4) is 0 Å². The Kier molecular flexibility index (Phi) is 3.02. The standard InChI is InChI=1S/C20H34O2/c1-17(2)10-14(21)11-18(3)15(17)7-8-20-9-13(5-6-16(18)20)19(4,22)12-20/h13-16,21-22H,5-12H2,1-4H3/t13-,14+,15+,16-,18+,19+,20-/m0/s1. The first-order valence-electron chi connectivity index (χ1n) is 9.50. The maximum absolute atomic E-state index is 10.9. The highest BCUT2D eigenvalue weighted by Crippen LogP contribution is 2.72. The molecule has 4 saturated carbocycles. The summed E-state index contributed by atoms with van der Waals surface area (Å²) in [6, 6.07) is 0. The van der Waals surface area contributed by atoms with Gasteiger partial charge in [-0.05, 0) is 92.3 Å². The molecule has 4 aliphatic rings. The molecular formula is C20H34O2. The first-order valence-corrected chi connectivity index (χ1v) is 9.50. The van der Waals surface area contributed by atoms with Crippen LogP contribution in [0, 0.1) is 34.0 Å². The molecule has 0 aliphatic heterocycles. The first-order chi connectivity index (χ1) is 10.1. The van der Waals surface area contributed by atoms with Crippen molar-refractivity contribution in [2.45, 2.75) is 90.8 Å². The lowest BCUT2D eigenvalue weighted by atomic mass is 9.41. The van der Waals surface area contributed by atoms with Gasteiger partial charge in [-0.15, -0.1) is 0 Å². The Labute approximate surface area is 135 Å². The minimum atomic E-state index is -0.444. The molecule has 0 amide bonds. The largest absolute Gasteiger partial charge is 0.393 e. The Balaban J connectivity index is 1.74. The van der Waals surface area contributed by atoms with Crippen LogP contribution in [0.1, 0.15) is 79.1 Å². The van der Waals surface area contributed by atoms with Gasteiger partial charge in [0.25, 0.3) is 0 Å². The van der Waals surface area contributed by atoms with E-state index >= 15 is 0 Å². The quantitative estimate of drug-likeness (QED) is 0.706. The van der Waals surface area contributed by atoms with E-state index in [1.165, 1.54) is 32.1 Å². The van der Waals surface area contributed by atoms with Crippen LogP contribution < -0.4 is 0 Å². The van der Waals surface area contributed by atoms with Crippen LogP contribution >= 0.6 is 0 Å². The average molecular weight is 306 g/mol. The van der Waals surface area contributed by atoms with Crippen LogP contribution in [-0.2, 0) is 0 Å². The number of fused-ring (bicyclic) bond motifs is 3. The van der Waals surface area contributed by atoms with Gasteiger partial charge in [0, 0.05) is 0 Å². The fourth-order valence-electron chi connectivity index (χ4n) is 8.29. The molecule has 2 heteroatoms. The SMILES string of the molecule is CC1(C)C[C@@H](O)C[C@]2(C)[C@@H]1CC[C@@]13C[C@H](CC[C@H]12)[C@](C)(O)C3. The molecule has 0 radical (unpaired) electrons. The second kappa shape index (κ2) is 4.30. The summed E-state index contributed by atoms with van der Waals surface area (Å²) in [5.41, 5.74) is 0.447. The molecule has 1 spiro atoms. The van der Waals surface area contributed by atoms with Gasteiger partial charge >= 0.3 is 0 Å². The maximum Gasteiger partial charge on any atom is 0.0653 e. The van der Waals surface area contributed by atoms with Gasteiger partial charge in [-0.3, -0.25) is 0 Å². The van der Waals surface area contributed by atoms with Crippen molar-refractivity contribution in [2.75, 3.05) is 0 Å². The molecule has 0 aromatic heterocycles. The van der Waals surface area contributed by atoms with Gasteiger partial charge in [0.15, 0.2) is 0 Å². The Morgan fingerprint density at radius 3 is 2.32 bits per heavy atom. The summed E-state index contributed by atoms with van der Waals surface area (Å²) in [7, 11) is 0. The highest BCUT2D eigenvalue weighted by Gasteiger charge is 2.66. The van der Waals surface area contributed by atoms with E-state index in [2.05, 4.69) is 27.7 Å². The lowest BCUT2D eigenvalue weighted by Crippen LogP contribution is -2.58. The lowest BCUT2D eigenvalue weighted by molar-refractivity contribution is -0.171. The van der Waals surface area contributed by atoms with E-state index < -0.39 is 5.60 Å². The van der Waals surface area contributed by atoms with Crippen molar-refractivity contribution < 1.29 is 10.2 Å². The molecule has 4 rings (SSSR count). The molecule has 126 valence electrons. The molecule has 2 bridgehead atoms. The Morgan fingerprint density at radius 1 is 0.864 bits per heavy atom. The highest BCUT2D eigenvalue weighted by atomic mass is 16.3. The van der Waals surface area contributed by atoms with Gasteiger partial charge in [-0.25, -0.2) is 0 Å². The van der Waals surface area contributed by atoms with Gasteiger partial charge in [0.1, 0.15) is 0 Å². The van der Waals surface area contributed by atoms with Crippen molar-refractivity contribution in [3.8, 4) is 0 Å². The number of aliphatic hydroxyl groups is 2. The van der Waals surface area contributed by atoms with Crippen LogP contribution in [-0.4, -0.2) is 21.9 Å². The second-order valence-electron chi connectivity index (χ2n) is 10.6. The average Bonchev–Trinajstić information content (AvgIpc) is 2.52. The Morgan fingerprint density at radius 2 is 1.59 bits per heavy atom. The monoisotopic (exact) mass is 306 g/mol. The van der Waals surface area contributed by atoms with Crippen LogP contribution in [0.5, 0.6) is 0 Å². The summed E-state index contributed by atoms with van der Waals surface area (Å²) < 4.78 is 0. The zero-order valence-corrected chi connectivity index (χ0v) is 14.9. The lowest BCUT2D eigenvalue weighted by Gasteiger charge is -2.64. The third-order valence-electron chi connectivity index (χ3n) is 8.69. The van der Waals surface area contributed by atoms with Gasteiger partial charge in [0.05, 0.1) is 11.7 Å². The highest BCUT2D eigenvalue weighted by molar-refractivity contribution is 5.16. The second-order valence-corrected chi connectivity index (χ2v) is 10.6. The molecule has 7 atom stereocenters. The fraction of sp³-hybridized carbons (Fsp3) is 1.00. The van der Waals surface area contributed by atoms with E-state index in [9.17, 15) is 10.2 Å². The van der Waals surface area contributed by atoms with E-state index in [4.69, 9.17) is 0 Å². The molecule has 0 aromatic carbocycles. The van der Waals surface area contributed by atoms with E-state index in [1.54, 1.807) is 0 Å². The van der Waals surface area contributed by atoms with Crippen LogP contribution in [0.25, 0.3) is 0 Å². The molecule has 4 aliphatic carbocycles. The molecular weight excluding hydrogens is 272 g/mol. The molecule has 0 unspecified atom stereocenters. The summed E-state index contributed by atoms with van der Waals surface area (Å²) in [5.74, 6) is 1.96. The van der Waals surface area contributed by atoms with Crippen molar-refractivity contribution in [1.82, 2.24) is 0 Å². The van der Waals surface area contributed by atoms with Crippen molar-refractivity contribution >= 4 is 0 Å². The number of hydrogen-bond donors (Lipinski definition) is 2. The molecule has 0 aromatic rings. The predicted octanol–water partition coefficient (Wildman–Crippen LogP) is 4.14. The van der Waals surface area contributed by atoms with Crippen molar-refractivity contribution in [3.63, 3.8) is 0 Å². The van der Waals surface area contributed by atoms with Crippen LogP contribution in [0.15, 0.2) is 0 Å². The van der Waals surface area contributed by atoms with E-state index in [-0.39, 0.29) is 16.9 Å². The number of hydrogen-bond acceptors (Lipinski definition) is 2. The fourth-order valence-corrected chi connectivity index (χ4v) is 8.29. The number of rotatable bonds is 0. The van der Waals surface area contributed by atoms with Crippen LogP contribution in [0.4, 0.5) is 0 Å². The van der Waals surface area contributed by atoms with Gasteiger partial charge in [-0.2, -0.15) is 0 Å². The third-order valence-corrected chi connectivity index (χ3v) is 8.69. The Hall–Kier alpha value is -0.0800. The predicted molar refractivity (Wildman–Crippen MR) is 88.4 cm³/mol. The molecule has 2 nitrogen and oxygen atoms in total. The molecule has 0 saturated heterocycles. The summed E-state index contributed by atoms with van der Waals surface area (Å²) in [4.78, 5) is 0. The van der Waals surface area contributed by atoms with Crippen molar-refractivity contribution in [2.24, 2.45) is 34.0 Å². The molecule has 22 heavy (non-hydrogen) atoms. The molecule has 2 N–H and O–H groups in total. The van der Waals surface area contributed by atoms with E-state index in [1.807, 2.05) is 0 Å². The minimum Gasteiger partial charge on any atom is -0.393 e. The van der Waals surface area contributed by atoms with Crippen molar-refractivity contribution in [3.05, 3.63) is 0 Å². The maximum atomic E-state index is 10.9. The molecule has 0 heterocycles. The first kappa shape index (κ1) is 15.4. The normalized spacial score (nSPS) is 59.7. The zero-order valence-electron chi connectivity index (χ0n) is 14.9. The van der Waals surface area contributed by atoms with E-state index in [0.29, 0.717) is 17.3 Å². The van der Waals surface area contributed by atoms with E-state index in [0.717, 1.165) is 25.2 Å². The van der Waals surface area contributed by atoms with Crippen LogP contribution in [0.2, 0.25) is 0 Å². The topological polar surface area (TPSA) is 40.5 Å². The smallest absolute Gasteiger partial charge is 0.0653 e. The van der Waals surface area contributed by atoms with Gasteiger partial charge < -0.3 is 10.2 Å². The summed E-state index contributed by atoms with van der Waals surface area (Å²) in [5, 5.41) is 21.4. The third kappa shape index (κ3) is 1.86. The number of aliphatic hydroxyl groups excluding tert-OH is 1. The summed E-state index contributed by atoms with van der Waals surface area (Å²) in [6.45, 7) is 9.34. The minimum absolute atomic E-state index is 0.133. The molecule has 4 fully saturated rings. The van der Waals surface area contributed by atoms with Gasteiger partial charge in [-0.1, -0.05) is 20.8 Å². The van der Waals surface area contributed by atoms with Gasteiger partial charge in [0.2, 0.25) is 0 Å². The summed E-state index contributed by atoms with van der Waals surface area (Å²) in [6.07, 6.45) is 9.14. The van der Waals surface area contributed by atoms with Crippen molar-refractivity contribution in [1.29, 1.82) is 0 Å².